The summed E-state index contributed by atoms with van der Waals surface area (Å²) in [6.45, 7) is 14.6. The Morgan fingerprint density at radius 3 is 2.35 bits per heavy atom. The highest BCUT2D eigenvalue weighted by atomic mass is 14.0. The largest absolute Gasteiger partial charge is 0.0999 e. The number of allylic oxidation sites excluding steroid dienone is 1. The second-order valence-electron chi connectivity index (χ2n) is 4.22. The Bertz CT molecular complexity index is 334. The SMILES string of the molecule is C=C(CC)CCc1ccc(C)c(CC)c1.CC. The van der Waals surface area contributed by atoms with Gasteiger partial charge >= 0.3 is 0 Å². The lowest BCUT2D eigenvalue weighted by Crippen LogP contribution is -1.92. The van der Waals surface area contributed by atoms with E-state index in [2.05, 4.69) is 45.5 Å². The van der Waals surface area contributed by atoms with E-state index in [4.69, 9.17) is 0 Å². The van der Waals surface area contributed by atoms with Gasteiger partial charge in [-0.05, 0) is 49.3 Å². The van der Waals surface area contributed by atoms with Gasteiger partial charge in [0, 0.05) is 0 Å². The summed E-state index contributed by atoms with van der Waals surface area (Å²) < 4.78 is 0. The van der Waals surface area contributed by atoms with E-state index in [-0.39, 0.29) is 0 Å². The van der Waals surface area contributed by atoms with Gasteiger partial charge in [-0.25, -0.2) is 0 Å². The van der Waals surface area contributed by atoms with Crippen molar-refractivity contribution in [1.29, 1.82) is 0 Å². The first kappa shape index (κ1) is 16.0. The predicted octanol–water partition coefficient (Wildman–Crippen LogP) is 5.48. The molecule has 0 saturated carbocycles. The van der Waals surface area contributed by atoms with Gasteiger partial charge in [0.15, 0.2) is 0 Å². The second kappa shape index (κ2) is 9.04. The molecule has 0 aliphatic carbocycles. The minimum Gasteiger partial charge on any atom is -0.0999 e. The highest BCUT2D eigenvalue weighted by Crippen LogP contribution is 2.15. The Morgan fingerprint density at radius 1 is 1.18 bits per heavy atom. The van der Waals surface area contributed by atoms with E-state index < -0.39 is 0 Å². The quantitative estimate of drug-likeness (QED) is 0.589. The van der Waals surface area contributed by atoms with Crippen LogP contribution >= 0.6 is 0 Å². The zero-order valence-corrected chi connectivity index (χ0v) is 12.3. The molecule has 0 fully saturated rings. The Balaban J connectivity index is 0.00000121. The Morgan fingerprint density at radius 2 is 1.82 bits per heavy atom. The second-order valence-corrected chi connectivity index (χ2v) is 4.22. The molecule has 0 aliphatic heterocycles. The summed E-state index contributed by atoms with van der Waals surface area (Å²) in [5, 5.41) is 0. The average Bonchev–Trinajstić information content (AvgIpc) is 2.39. The van der Waals surface area contributed by atoms with Crippen LogP contribution in [0.3, 0.4) is 0 Å². The van der Waals surface area contributed by atoms with Crippen molar-refractivity contribution in [3.8, 4) is 0 Å². The molecule has 1 aromatic rings. The molecule has 0 unspecified atom stereocenters. The lowest BCUT2D eigenvalue weighted by Gasteiger charge is -2.07. The van der Waals surface area contributed by atoms with Crippen LogP contribution in [0, 0.1) is 6.92 Å². The third-order valence-corrected chi connectivity index (χ3v) is 3.06. The van der Waals surface area contributed by atoms with Gasteiger partial charge in [0.2, 0.25) is 0 Å². The van der Waals surface area contributed by atoms with Gasteiger partial charge in [-0.3, -0.25) is 0 Å². The molecule has 0 heterocycles. The van der Waals surface area contributed by atoms with Crippen molar-refractivity contribution in [2.45, 2.75) is 60.3 Å². The maximum absolute atomic E-state index is 4.05. The van der Waals surface area contributed by atoms with Crippen LogP contribution in [-0.4, -0.2) is 0 Å². The molecule has 1 aromatic carbocycles. The van der Waals surface area contributed by atoms with Crippen LogP contribution in [0.4, 0.5) is 0 Å². The maximum atomic E-state index is 4.05. The van der Waals surface area contributed by atoms with E-state index in [1.54, 1.807) is 0 Å². The van der Waals surface area contributed by atoms with Crippen LogP contribution in [0.15, 0.2) is 30.4 Å². The number of benzene rings is 1. The molecule has 0 aromatic heterocycles. The fourth-order valence-electron chi connectivity index (χ4n) is 1.76. The van der Waals surface area contributed by atoms with E-state index in [0.717, 1.165) is 25.7 Å². The topological polar surface area (TPSA) is 0 Å². The summed E-state index contributed by atoms with van der Waals surface area (Å²) in [7, 11) is 0. The molecule has 1 rings (SSSR count). The molecule has 0 radical (unpaired) electrons. The van der Waals surface area contributed by atoms with Crippen LogP contribution in [0.5, 0.6) is 0 Å². The molecule has 0 aliphatic rings. The first-order valence-corrected chi connectivity index (χ1v) is 6.92. The fourth-order valence-corrected chi connectivity index (χ4v) is 1.76. The van der Waals surface area contributed by atoms with Crippen LogP contribution in [0.1, 0.15) is 57.2 Å². The van der Waals surface area contributed by atoms with Crippen LogP contribution in [0.25, 0.3) is 0 Å². The molecular weight excluding hydrogens is 204 g/mol. The van der Waals surface area contributed by atoms with Gasteiger partial charge in [-0.15, -0.1) is 0 Å². The van der Waals surface area contributed by atoms with Crippen molar-refractivity contribution in [1.82, 2.24) is 0 Å². The first-order chi connectivity index (χ1) is 8.17. The average molecular weight is 232 g/mol. The molecule has 0 amide bonds. The first-order valence-electron chi connectivity index (χ1n) is 6.92. The van der Waals surface area contributed by atoms with Gasteiger partial charge in [0.05, 0.1) is 0 Å². The Hall–Kier alpha value is -1.04. The predicted molar refractivity (Wildman–Crippen MR) is 79.7 cm³/mol. The van der Waals surface area contributed by atoms with E-state index in [1.165, 1.54) is 22.3 Å². The monoisotopic (exact) mass is 232 g/mol. The molecule has 0 atom stereocenters. The number of aryl methyl sites for hydroxylation is 3. The van der Waals surface area contributed by atoms with Crippen molar-refractivity contribution < 1.29 is 0 Å². The normalized spacial score (nSPS) is 9.47. The van der Waals surface area contributed by atoms with Crippen LogP contribution in [-0.2, 0) is 12.8 Å². The van der Waals surface area contributed by atoms with E-state index in [1.807, 2.05) is 13.8 Å². The highest BCUT2D eigenvalue weighted by molar-refractivity contribution is 5.31. The minimum absolute atomic E-state index is 1.10. The fraction of sp³-hybridized carbons (Fsp3) is 0.529. The summed E-state index contributed by atoms with van der Waals surface area (Å²) in [6.07, 6.45) is 4.50. The summed E-state index contributed by atoms with van der Waals surface area (Å²) >= 11 is 0. The number of hydrogen-bond acceptors (Lipinski definition) is 0. The van der Waals surface area contributed by atoms with E-state index >= 15 is 0 Å². The zero-order chi connectivity index (χ0) is 13.3. The van der Waals surface area contributed by atoms with Gasteiger partial charge in [0.25, 0.3) is 0 Å². The molecule has 0 nitrogen and oxygen atoms in total. The molecule has 0 heteroatoms. The third kappa shape index (κ3) is 5.72. The Kier molecular flexibility index (Phi) is 8.49. The van der Waals surface area contributed by atoms with Crippen molar-refractivity contribution in [3.05, 3.63) is 47.0 Å². The lowest BCUT2D eigenvalue weighted by atomic mass is 9.98. The van der Waals surface area contributed by atoms with Gasteiger partial charge < -0.3 is 0 Å². The van der Waals surface area contributed by atoms with Crippen LogP contribution in [0.2, 0.25) is 0 Å². The zero-order valence-electron chi connectivity index (χ0n) is 12.3. The van der Waals surface area contributed by atoms with E-state index in [0.29, 0.717) is 0 Å². The van der Waals surface area contributed by atoms with Crippen molar-refractivity contribution >= 4 is 0 Å². The van der Waals surface area contributed by atoms with Crippen molar-refractivity contribution in [2.24, 2.45) is 0 Å². The smallest absolute Gasteiger partial charge is 0.0241 e. The van der Waals surface area contributed by atoms with E-state index in [9.17, 15) is 0 Å². The highest BCUT2D eigenvalue weighted by Gasteiger charge is 1.99. The number of rotatable bonds is 5. The summed E-state index contributed by atoms with van der Waals surface area (Å²) in [6, 6.07) is 6.83. The van der Waals surface area contributed by atoms with Crippen LogP contribution < -0.4 is 0 Å². The molecule has 0 N–H and O–H groups in total. The standard InChI is InChI=1S/C15H22.C2H6/c1-5-12(3)7-9-14-10-8-13(4)15(6-2)11-14;1-2/h8,10-11H,3,5-7,9H2,1-2,4H3;1-2H3. The lowest BCUT2D eigenvalue weighted by molar-refractivity contribution is 0.886. The van der Waals surface area contributed by atoms with Gasteiger partial charge in [-0.2, -0.15) is 0 Å². The van der Waals surface area contributed by atoms with Gasteiger partial charge in [-0.1, -0.05) is 58.0 Å². The minimum atomic E-state index is 1.10. The van der Waals surface area contributed by atoms with Gasteiger partial charge in [0.1, 0.15) is 0 Å². The number of hydrogen-bond donors (Lipinski definition) is 0. The third-order valence-electron chi connectivity index (χ3n) is 3.06. The van der Waals surface area contributed by atoms with Crippen molar-refractivity contribution in [3.63, 3.8) is 0 Å². The Labute approximate surface area is 108 Å². The molecule has 0 spiro atoms. The molecule has 0 bridgehead atoms. The molecule has 0 saturated heterocycles. The maximum Gasteiger partial charge on any atom is -0.0241 e. The molecular formula is C17H28. The molecule has 17 heavy (non-hydrogen) atoms. The molecule has 96 valence electrons. The summed E-state index contributed by atoms with van der Waals surface area (Å²) in [5.74, 6) is 0. The van der Waals surface area contributed by atoms with Crippen molar-refractivity contribution in [2.75, 3.05) is 0 Å². The summed E-state index contributed by atoms with van der Waals surface area (Å²) in [5.41, 5.74) is 5.70. The summed E-state index contributed by atoms with van der Waals surface area (Å²) in [4.78, 5) is 0.